The van der Waals surface area contributed by atoms with E-state index in [1.807, 2.05) is 30.3 Å². The summed E-state index contributed by atoms with van der Waals surface area (Å²) in [7, 11) is 0. The number of hydrogen-bond donors (Lipinski definition) is 1. The Hall–Kier alpha value is -4.53. The van der Waals surface area contributed by atoms with Gasteiger partial charge in [0.25, 0.3) is 5.69 Å². The van der Waals surface area contributed by atoms with Crippen molar-refractivity contribution in [1.82, 2.24) is 0 Å². The maximum atomic E-state index is 12.7. The SMILES string of the molecule is O=C(Oc1cccc(NC(=O)C2CC(=O)N(c3ccccc3)C2)c1)c1cccc([N+](=O)[O-])c1. The number of ether oxygens (including phenoxy) is 1. The van der Waals surface area contributed by atoms with Crippen molar-refractivity contribution in [2.45, 2.75) is 6.42 Å². The number of carbonyl (C=O) groups is 3. The van der Waals surface area contributed by atoms with Gasteiger partial charge in [0.15, 0.2) is 0 Å². The average molecular weight is 445 g/mol. The first-order valence-electron chi connectivity index (χ1n) is 10.1. The Labute approximate surface area is 188 Å². The molecule has 9 heteroatoms. The van der Waals surface area contributed by atoms with Gasteiger partial charge in [0.05, 0.1) is 16.4 Å². The third-order valence-electron chi connectivity index (χ3n) is 5.17. The highest BCUT2D eigenvalue weighted by molar-refractivity contribution is 6.03. The number of nitro benzene ring substituents is 1. The number of nitro groups is 1. The van der Waals surface area contributed by atoms with Gasteiger partial charge >= 0.3 is 5.97 Å². The molecule has 1 fully saturated rings. The molecule has 1 aliphatic heterocycles. The maximum Gasteiger partial charge on any atom is 0.343 e. The van der Waals surface area contributed by atoms with Gasteiger partial charge in [-0.15, -0.1) is 0 Å². The fourth-order valence-electron chi connectivity index (χ4n) is 3.53. The molecule has 1 heterocycles. The van der Waals surface area contributed by atoms with Gasteiger partial charge in [-0.1, -0.05) is 30.3 Å². The van der Waals surface area contributed by atoms with Crippen LogP contribution in [0.5, 0.6) is 5.75 Å². The summed E-state index contributed by atoms with van der Waals surface area (Å²) in [6, 6.07) is 20.6. The second-order valence-electron chi connectivity index (χ2n) is 7.45. The van der Waals surface area contributed by atoms with Gasteiger partial charge in [-0.3, -0.25) is 19.7 Å². The fourth-order valence-corrected chi connectivity index (χ4v) is 3.53. The van der Waals surface area contributed by atoms with E-state index in [4.69, 9.17) is 4.74 Å². The molecule has 1 aliphatic rings. The van der Waals surface area contributed by atoms with Crippen molar-refractivity contribution in [1.29, 1.82) is 0 Å². The number of nitrogens with zero attached hydrogens (tertiary/aromatic N) is 2. The van der Waals surface area contributed by atoms with Crippen LogP contribution in [0.2, 0.25) is 0 Å². The molecule has 1 N–H and O–H groups in total. The molecule has 0 spiro atoms. The van der Waals surface area contributed by atoms with E-state index in [2.05, 4.69) is 5.32 Å². The molecular formula is C24H19N3O6. The van der Waals surface area contributed by atoms with Crippen molar-refractivity contribution < 1.29 is 24.0 Å². The number of nitrogens with one attached hydrogen (secondary N) is 1. The lowest BCUT2D eigenvalue weighted by molar-refractivity contribution is -0.384. The summed E-state index contributed by atoms with van der Waals surface area (Å²) in [5, 5.41) is 13.7. The Bertz CT molecular complexity index is 1230. The number of benzene rings is 3. The molecule has 1 saturated heterocycles. The molecule has 4 rings (SSSR count). The normalized spacial score (nSPS) is 15.2. The number of non-ortho nitro benzene ring substituents is 1. The Kier molecular flexibility index (Phi) is 6.12. The first-order valence-corrected chi connectivity index (χ1v) is 10.1. The summed E-state index contributed by atoms with van der Waals surface area (Å²) in [6.07, 6.45) is 0.0994. The van der Waals surface area contributed by atoms with Gasteiger partial charge < -0.3 is 15.0 Å². The highest BCUT2D eigenvalue weighted by Gasteiger charge is 2.35. The lowest BCUT2D eigenvalue weighted by atomic mass is 10.1. The molecule has 1 unspecified atom stereocenters. The Morgan fingerprint density at radius 2 is 1.76 bits per heavy atom. The number of amides is 2. The van der Waals surface area contributed by atoms with Gasteiger partial charge in [0, 0.05) is 42.5 Å². The Morgan fingerprint density at radius 3 is 2.52 bits per heavy atom. The zero-order valence-electron chi connectivity index (χ0n) is 17.3. The molecule has 33 heavy (non-hydrogen) atoms. The quantitative estimate of drug-likeness (QED) is 0.267. The second kappa shape index (κ2) is 9.31. The molecule has 166 valence electrons. The van der Waals surface area contributed by atoms with Crippen LogP contribution in [-0.4, -0.2) is 29.3 Å². The second-order valence-corrected chi connectivity index (χ2v) is 7.45. The lowest BCUT2D eigenvalue weighted by Crippen LogP contribution is -2.28. The minimum atomic E-state index is -0.762. The molecule has 0 aliphatic carbocycles. The molecule has 0 radical (unpaired) electrons. The van der Waals surface area contributed by atoms with Crippen molar-refractivity contribution in [3.63, 3.8) is 0 Å². The zero-order valence-corrected chi connectivity index (χ0v) is 17.3. The van der Waals surface area contributed by atoms with Crippen molar-refractivity contribution >= 4 is 34.8 Å². The van der Waals surface area contributed by atoms with Gasteiger partial charge in [-0.2, -0.15) is 0 Å². The minimum Gasteiger partial charge on any atom is -0.423 e. The monoisotopic (exact) mass is 445 g/mol. The number of para-hydroxylation sites is 1. The molecule has 3 aromatic carbocycles. The molecule has 3 aromatic rings. The van der Waals surface area contributed by atoms with Crippen LogP contribution < -0.4 is 15.0 Å². The standard InChI is InChI=1S/C24H19N3O6/c28-22-13-17(15-26(22)19-8-2-1-3-9-19)23(29)25-18-7-5-11-21(14-18)33-24(30)16-6-4-10-20(12-16)27(31)32/h1-12,14,17H,13,15H2,(H,25,29). The van der Waals surface area contributed by atoms with Gasteiger partial charge in [0.1, 0.15) is 5.75 Å². The van der Waals surface area contributed by atoms with Crippen LogP contribution >= 0.6 is 0 Å². The number of rotatable bonds is 6. The third-order valence-corrected chi connectivity index (χ3v) is 5.17. The summed E-state index contributed by atoms with van der Waals surface area (Å²) in [6.45, 7) is 0.274. The van der Waals surface area contributed by atoms with Gasteiger partial charge in [-0.05, 0) is 30.3 Å². The van der Waals surface area contributed by atoms with Crippen LogP contribution in [0.15, 0.2) is 78.9 Å². The van der Waals surface area contributed by atoms with Crippen LogP contribution in [0, 0.1) is 16.0 Å². The molecule has 0 saturated carbocycles. The van der Waals surface area contributed by atoms with Crippen molar-refractivity contribution in [2.75, 3.05) is 16.8 Å². The largest absolute Gasteiger partial charge is 0.423 e. The molecule has 1 atom stereocenters. The summed E-state index contributed by atoms with van der Waals surface area (Å²) in [4.78, 5) is 49.3. The first kappa shape index (κ1) is 21.7. The van der Waals surface area contributed by atoms with E-state index in [0.717, 1.165) is 11.8 Å². The van der Waals surface area contributed by atoms with Crippen molar-refractivity contribution in [3.05, 3.63) is 94.5 Å². The van der Waals surface area contributed by atoms with Crippen LogP contribution in [0.3, 0.4) is 0 Å². The van der Waals surface area contributed by atoms with Gasteiger partial charge in [0.2, 0.25) is 11.8 Å². The van der Waals surface area contributed by atoms with E-state index in [1.165, 1.54) is 30.3 Å². The number of carbonyl (C=O) groups excluding carboxylic acids is 3. The molecule has 9 nitrogen and oxygen atoms in total. The summed E-state index contributed by atoms with van der Waals surface area (Å²) in [5.74, 6) is -1.56. The van der Waals surface area contributed by atoms with Crippen molar-refractivity contribution in [3.8, 4) is 5.75 Å². The van der Waals surface area contributed by atoms with Gasteiger partial charge in [-0.25, -0.2) is 4.79 Å². The van der Waals surface area contributed by atoms with E-state index < -0.39 is 16.8 Å². The van der Waals surface area contributed by atoms with E-state index in [9.17, 15) is 24.5 Å². The Balaban J connectivity index is 1.40. The Morgan fingerprint density at radius 1 is 1.00 bits per heavy atom. The zero-order chi connectivity index (χ0) is 23.4. The first-order chi connectivity index (χ1) is 15.9. The van der Waals surface area contributed by atoms with E-state index in [-0.39, 0.29) is 41.8 Å². The third kappa shape index (κ3) is 5.04. The molecular weight excluding hydrogens is 426 g/mol. The number of anilines is 2. The number of esters is 1. The molecule has 0 aromatic heterocycles. The van der Waals surface area contributed by atoms with Crippen molar-refractivity contribution in [2.24, 2.45) is 5.92 Å². The minimum absolute atomic E-state index is 0.0316. The van der Waals surface area contributed by atoms with E-state index in [1.54, 1.807) is 17.0 Å². The highest BCUT2D eigenvalue weighted by atomic mass is 16.6. The molecule has 2 amide bonds. The summed E-state index contributed by atoms with van der Waals surface area (Å²) in [5.41, 5.74) is 0.952. The smallest absolute Gasteiger partial charge is 0.343 e. The molecule has 0 bridgehead atoms. The van der Waals surface area contributed by atoms with Crippen LogP contribution in [-0.2, 0) is 9.59 Å². The lowest BCUT2D eigenvalue weighted by Gasteiger charge is -2.16. The summed E-state index contributed by atoms with van der Waals surface area (Å²) < 4.78 is 5.30. The number of hydrogen-bond acceptors (Lipinski definition) is 6. The topological polar surface area (TPSA) is 119 Å². The van der Waals surface area contributed by atoms with Crippen LogP contribution in [0.4, 0.5) is 17.1 Å². The maximum absolute atomic E-state index is 12.7. The van der Waals surface area contributed by atoms with E-state index >= 15 is 0 Å². The van der Waals surface area contributed by atoms with E-state index in [0.29, 0.717) is 5.69 Å². The van der Waals surface area contributed by atoms with Crippen LogP contribution in [0.1, 0.15) is 16.8 Å². The van der Waals surface area contributed by atoms with Crippen LogP contribution in [0.25, 0.3) is 0 Å². The predicted octanol–water partition coefficient (Wildman–Crippen LogP) is 3.81. The summed E-state index contributed by atoms with van der Waals surface area (Å²) >= 11 is 0. The highest BCUT2D eigenvalue weighted by Crippen LogP contribution is 2.26. The fraction of sp³-hybridized carbons (Fsp3) is 0.125. The average Bonchev–Trinajstić information content (AvgIpc) is 3.22. The predicted molar refractivity (Wildman–Crippen MR) is 120 cm³/mol.